The van der Waals surface area contributed by atoms with Crippen molar-refractivity contribution in [1.29, 1.82) is 0 Å². The van der Waals surface area contributed by atoms with Gasteiger partial charge in [-0.1, -0.05) is 57.4 Å². The maximum atomic E-state index is 11.7. The molecular formula is C19H31N3O2. The number of nitrogens with one attached hydrogen (secondary N) is 3. The third-order valence-corrected chi connectivity index (χ3v) is 3.76. The number of carbonyl (C=O) groups excluding carboxylic acids is 2. The van der Waals surface area contributed by atoms with E-state index in [0.29, 0.717) is 26.1 Å². The largest absolute Gasteiger partial charge is 0.352 e. The van der Waals surface area contributed by atoms with Crippen molar-refractivity contribution < 1.29 is 9.59 Å². The normalized spacial score (nSPS) is 10.2. The van der Waals surface area contributed by atoms with Crippen molar-refractivity contribution in [2.45, 2.75) is 65.5 Å². The Hall–Kier alpha value is -2.04. The summed E-state index contributed by atoms with van der Waals surface area (Å²) in [5.74, 6) is 0.0993. The van der Waals surface area contributed by atoms with Crippen molar-refractivity contribution >= 4 is 11.9 Å². The van der Waals surface area contributed by atoms with Crippen LogP contribution in [0.25, 0.3) is 0 Å². The molecule has 0 aliphatic carbocycles. The van der Waals surface area contributed by atoms with Crippen molar-refractivity contribution in [3.05, 3.63) is 35.4 Å². The van der Waals surface area contributed by atoms with Crippen LogP contribution in [0.1, 0.15) is 63.5 Å². The molecule has 3 amide bonds. The van der Waals surface area contributed by atoms with E-state index >= 15 is 0 Å². The van der Waals surface area contributed by atoms with Crippen LogP contribution in [0.5, 0.6) is 0 Å². The van der Waals surface area contributed by atoms with Crippen LogP contribution >= 0.6 is 0 Å². The van der Waals surface area contributed by atoms with Gasteiger partial charge in [-0.3, -0.25) is 4.79 Å². The minimum atomic E-state index is -0.141. The number of rotatable bonds is 11. The molecule has 0 aliphatic heterocycles. The highest BCUT2D eigenvalue weighted by Crippen LogP contribution is 2.06. The molecule has 0 radical (unpaired) electrons. The second-order valence-electron chi connectivity index (χ2n) is 6.02. The number of unbranched alkanes of at least 4 members (excludes halogenated alkanes) is 3. The fourth-order valence-electron chi connectivity index (χ4n) is 2.30. The molecule has 5 heteroatoms. The van der Waals surface area contributed by atoms with Gasteiger partial charge >= 0.3 is 6.03 Å². The highest BCUT2D eigenvalue weighted by atomic mass is 16.2. The molecule has 0 spiro atoms. The Morgan fingerprint density at radius 1 is 0.875 bits per heavy atom. The summed E-state index contributed by atoms with van der Waals surface area (Å²) in [5.41, 5.74) is 2.07. The predicted molar refractivity (Wildman–Crippen MR) is 97.6 cm³/mol. The van der Waals surface area contributed by atoms with Gasteiger partial charge in [-0.25, -0.2) is 4.79 Å². The molecule has 1 rings (SSSR count). The van der Waals surface area contributed by atoms with Gasteiger partial charge in [-0.05, 0) is 24.0 Å². The lowest BCUT2D eigenvalue weighted by molar-refractivity contribution is -0.121. The minimum Gasteiger partial charge on any atom is -0.352 e. The quantitative estimate of drug-likeness (QED) is 0.543. The molecule has 0 bridgehead atoms. The van der Waals surface area contributed by atoms with Gasteiger partial charge in [-0.15, -0.1) is 0 Å². The van der Waals surface area contributed by atoms with Crippen molar-refractivity contribution in [3.8, 4) is 0 Å². The maximum Gasteiger partial charge on any atom is 0.315 e. The van der Waals surface area contributed by atoms with E-state index in [1.807, 2.05) is 24.3 Å². The highest BCUT2D eigenvalue weighted by molar-refractivity contribution is 5.75. The molecule has 3 N–H and O–H groups in total. The summed E-state index contributed by atoms with van der Waals surface area (Å²) < 4.78 is 0. The van der Waals surface area contributed by atoms with Crippen LogP contribution in [-0.2, 0) is 17.9 Å². The Morgan fingerprint density at radius 2 is 1.54 bits per heavy atom. The summed E-state index contributed by atoms with van der Waals surface area (Å²) in [5, 5.41) is 8.62. The van der Waals surface area contributed by atoms with Crippen molar-refractivity contribution in [2.24, 2.45) is 0 Å². The summed E-state index contributed by atoms with van der Waals surface area (Å²) in [6.07, 6.45) is 5.79. The summed E-state index contributed by atoms with van der Waals surface area (Å²) >= 11 is 0. The maximum absolute atomic E-state index is 11.7. The zero-order valence-corrected chi connectivity index (χ0v) is 15.0. The molecular weight excluding hydrogens is 302 g/mol. The molecule has 0 aromatic heterocycles. The van der Waals surface area contributed by atoms with Crippen molar-refractivity contribution in [2.75, 3.05) is 6.54 Å². The Balaban J connectivity index is 2.32. The van der Waals surface area contributed by atoms with Gasteiger partial charge in [0.05, 0.1) is 0 Å². The van der Waals surface area contributed by atoms with Crippen LogP contribution in [0, 0.1) is 0 Å². The van der Waals surface area contributed by atoms with E-state index in [9.17, 15) is 9.59 Å². The molecule has 1 aromatic rings. The van der Waals surface area contributed by atoms with Crippen LogP contribution < -0.4 is 16.0 Å². The third kappa shape index (κ3) is 9.18. The number of benzene rings is 1. The van der Waals surface area contributed by atoms with E-state index in [1.165, 1.54) is 0 Å². The monoisotopic (exact) mass is 333 g/mol. The summed E-state index contributed by atoms with van der Waals surface area (Å²) in [6, 6.07) is 7.78. The second kappa shape index (κ2) is 12.4. The average molecular weight is 333 g/mol. The zero-order valence-electron chi connectivity index (χ0n) is 15.0. The first kappa shape index (κ1) is 20.0. The van der Waals surface area contributed by atoms with Crippen LogP contribution in [0.2, 0.25) is 0 Å². The van der Waals surface area contributed by atoms with Crippen molar-refractivity contribution in [1.82, 2.24) is 16.0 Å². The number of amides is 3. The molecule has 0 saturated heterocycles. The van der Waals surface area contributed by atoms with Crippen LogP contribution in [0.4, 0.5) is 4.79 Å². The average Bonchev–Trinajstić information content (AvgIpc) is 2.59. The van der Waals surface area contributed by atoms with E-state index in [2.05, 4.69) is 29.8 Å². The molecule has 5 nitrogen and oxygen atoms in total. The van der Waals surface area contributed by atoms with Gasteiger partial charge < -0.3 is 16.0 Å². The van der Waals surface area contributed by atoms with Crippen LogP contribution in [-0.4, -0.2) is 18.5 Å². The lowest BCUT2D eigenvalue weighted by Crippen LogP contribution is -2.35. The predicted octanol–water partition coefficient (Wildman–Crippen LogP) is 3.48. The van der Waals surface area contributed by atoms with Gasteiger partial charge in [0.2, 0.25) is 5.91 Å². The Bertz CT molecular complexity index is 462. The van der Waals surface area contributed by atoms with Gasteiger partial charge in [0.25, 0.3) is 0 Å². The number of carbonyl (C=O) groups is 2. The van der Waals surface area contributed by atoms with E-state index < -0.39 is 0 Å². The SMILES string of the molecule is CCCCCC(=O)NCc1cccc(CNC(=O)NCCCC)c1. The summed E-state index contributed by atoms with van der Waals surface area (Å²) in [7, 11) is 0. The molecule has 24 heavy (non-hydrogen) atoms. The Kier molecular flexibility index (Phi) is 10.3. The standard InChI is InChI=1S/C19H31N3O2/c1-3-5-7-11-18(23)21-14-16-9-8-10-17(13-16)15-22-19(24)20-12-6-4-2/h8-10,13H,3-7,11-12,14-15H2,1-2H3,(H,21,23)(H2,20,22,24). The van der Waals surface area contributed by atoms with E-state index in [4.69, 9.17) is 0 Å². The topological polar surface area (TPSA) is 70.2 Å². The Morgan fingerprint density at radius 3 is 2.21 bits per heavy atom. The molecule has 0 heterocycles. The minimum absolute atomic E-state index is 0.0993. The van der Waals surface area contributed by atoms with E-state index in [-0.39, 0.29) is 11.9 Å². The number of urea groups is 1. The van der Waals surface area contributed by atoms with Gasteiger partial charge in [0.1, 0.15) is 0 Å². The molecule has 0 saturated carbocycles. The summed E-state index contributed by atoms with van der Waals surface area (Å²) in [6.45, 7) is 5.93. The number of hydrogen-bond acceptors (Lipinski definition) is 2. The van der Waals surface area contributed by atoms with Gasteiger partial charge in [0.15, 0.2) is 0 Å². The lowest BCUT2D eigenvalue weighted by Gasteiger charge is -2.09. The first-order valence-electron chi connectivity index (χ1n) is 9.02. The summed E-state index contributed by atoms with van der Waals surface area (Å²) in [4.78, 5) is 23.4. The van der Waals surface area contributed by atoms with Crippen LogP contribution in [0.3, 0.4) is 0 Å². The highest BCUT2D eigenvalue weighted by Gasteiger charge is 2.03. The van der Waals surface area contributed by atoms with Crippen molar-refractivity contribution in [3.63, 3.8) is 0 Å². The fraction of sp³-hybridized carbons (Fsp3) is 0.579. The molecule has 0 fully saturated rings. The first-order chi connectivity index (χ1) is 11.7. The zero-order chi connectivity index (χ0) is 17.6. The molecule has 1 aromatic carbocycles. The molecule has 0 atom stereocenters. The van der Waals surface area contributed by atoms with Crippen LogP contribution in [0.15, 0.2) is 24.3 Å². The first-order valence-corrected chi connectivity index (χ1v) is 9.02. The fourth-order valence-corrected chi connectivity index (χ4v) is 2.30. The lowest BCUT2D eigenvalue weighted by atomic mass is 10.1. The van der Waals surface area contributed by atoms with E-state index in [1.54, 1.807) is 0 Å². The molecule has 0 aliphatic rings. The smallest absolute Gasteiger partial charge is 0.315 e. The molecule has 134 valence electrons. The molecule has 0 unspecified atom stereocenters. The number of hydrogen-bond donors (Lipinski definition) is 3. The second-order valence-corrected chi connectivity index (χ2v) is 6.02. The van der Waals surface area contributed by atoms with Gasteiger partial charge in [-0.2, -0.15) is 0 Å². The van der Waals surface area contributed by atoms with E-state index in [0.717, 1.165) is 43.2 Å². The third-order valence-electron chi connectivity index (χ3n) is 3.76. The Labute approximate surface area is 145 Å². The van der Waals surface area contributed by atoms with Gasteiger partial charge in [0, 0.05) is 26.1 Å².